The van der Waals surface area contributed by atoms with Gasteiger partial charge in [-0.25, -0.2) is 9.07 Å². The number of nitrogens with zero attached hydrogens (tertiary/aromatic N) is 4. The van der Waals surface area contributed by atoms with Gasteiger partial charge in [0.25, 0.3) is 0 Å². The number of aromatic nitrogens is 3. The molecule has 0 amide bonds. The summed E-state index contributed by atoms with van der Waals surface area (Å²) < 4.78 is 26.9. The smallest absolute Gasteiger partial charge is 0.186 e. The minimum absolute atomic E-state index is 0.0933. The first kappa shape index (κ1) is 27.2. The Morgan fingerprint density at radius 2 is 1.82 bits per heavy atom. The average Bonchev–Trinajstić information content (AvgIpc) is 3.33. The van der Waals surface area contributed by atoms with Gasteiger partial charge in [0.2, 0.25) is 0 Å². The first-order chi connectivity index (χ1) is 18.8. The molecule has 39 heavy (non-hydrogen) atoms. The molecule has 204 valence electrons. The van der Waals surface area contributed by atoms with E-state index in [2.05, 4.69) is 34.6 Å². The van der Waals surface area contributed by atoms with Crippen molar-refractivity contribution in [3.8, 4) is 11.1 Å². The molecule has 2 aromatic carbocycles. The van der Waals surface area contributed by atoms with Crippen LogP contribution < -0.4 is 4.90 Å². The molecule has 1 saturated heterocycles. The van der Waals surface area contributed by atoms with Gasteiger partial charge in [0.1, 0.15) is 18.2 Å². The van der Waals surface area contributed by atoms with Crippen LogP contribution in [0.1, 0.15) is 16.1 Å². The Morgan fingerprint density at radius 3 is 2.56 bits per heavy atom. The zero-order valence-electron chi connectivity index (χ0n) is 22.8. The van der Waals surface area contributed by atoms with Gasteiger partial charge in [0.15, 0.2) is 5.78 Å². The number of ether oxygens (including phenoxy) is 2. The first-order valence-corrected chi connectivity index (χ1v) is 17.1. The van der Waals surface area contributed by atoms with E-state index in [0.29, 0.717) is 31.2 Å². The Bertz CT molecular complexity index is 1440. The Labute approximate surface area is 229 Å². The second-order valence-corrected chi connectivity index (χ2v) is 16.8. The maximum Gasteiger partial charge on any atom is 0.186 e. The van der Waals surface area contributed by atoms with E-state index in [0.717, 1.165) is 53.5 Å². The fourth-order valence-corrected chi connectivity index (χ4v) is 5.42. The second kappa shape index (κ2) is 11.8. The predicted molar refractivity (Wildman–Crippen MR) is 155 cm³/mol. The highest BCUT2D eigenvalue weighted by Crippen LogP contribution is 2.29. The first-order valence-electron chi connectivity index (χ1n) is 13.4. The number of carbonyl (C=O) groups is 1. The Balaban J connectivity index is 1.35. The van der Waals surface area contributed by atoms with Gasteiger partial charge < -0.3 is 14.4 Å². The quantitative estimate of drug-likeness (QED) is 0.142. The molecule has 9 heteroatoms. The van der Waals surface area contributed by atoms with Crippen LogP contribution in [0, 0.1) is 5.82 Å². The van der Waals surface area contributed by atoms with Crippen LogP contribution in [0.3, 0.4) is 0 Å². The van der Waals surface area contributed by atoms with Gasteiger partial charge in [-0.1, -0.05) is 37.8 Å². The van der Waals surface area contributed by atoms with Crippen molar-refractivity contribution >= 4 is 30.4 Å². The second-order valence-electron chi connectivity index (χ2n) is 11.2. The highest BCUT2D eigenvalue weighted by molar-refractivity contribution is 6.76. The molecular weight excluding hydrogens is 511 g/mol. The molecule has 2 aromatic heterocycles. The summed E-state index contributed by atoms with van der Waals surface area (Å²) in [5.41, 5.74) is 4.62. The number of halogens is 1. The standard InChI is InChI=1S/C30H35FN4O3Si/c1-39(2,3)15-14-38-21-35-28-9-4-22(16-24(28)19-33-35)17-29(36)30-27(23-5-7-25(31)8-6-23)18-26(20-32-30)34-10-12-37-13-11-34/h4-9,16,18-20H,10-15,17,21H2,1-3H3. The van der Waals surface area contributed by atoms with Gasteiger partial charge in [0.05, 0.1) is 36.8 Å². The number of benzene rings is 2. The molecule has 5 rings (SSSR count). The summed E-state index contributed by atoms with van der Waals surface area (Å²) in [6.07, 6.45) is 3.76. The van der Waals surface area contributed by atoms with Crippen LogP contribution >= 0.6 is 0 Å². The van der Waals surface area contributed by atoms with Crippen LogP contribution in [0.15, 0.2) is 60.9 Å². The number of fused-ring (bicyclic) bond motifs is 1. The normalized spacial score (nSPS) is 14.2. The molecule has 1 aliphatic heterocycles. The summed E-state index contributed by atoms with van der Waals surface area (Å²) in [6, 6.07) is 15.2. The number of hydrogen-bond acceptors (Lipinski definition) is 6. The number of rotatable bonds is 10. The van der Waals surface area contributed by atoms with Crippen molar-refractivity contribution < 1.29 is 18.7 Å². The van der Waals surface area contributed by atoms with E-state index in [4.69, 9.17) is 9.47 Å². The molecule has 0 aliphatic carbocycles. The monoisotopic (exact) mass is 546 g/mol. The molecule has 7 nitrogen and oxygen atoms in total. The molecule has 0 saturated carbocycles. The van der Waals surface area contributed by atoms with Crippen molar-refractivity contribution in [2.75, 3.05) is 37.8 Å². The third-order valence-electron chi connectivity index (χ3n) is 6.95. The minimum Gasteiger partial charge on any atom is -0.378 e. The largest absolute Gasteiger partial charge is 0.378 e. The lowest BCUT2D eigenvalue weighted by Crippen LogP contribution is -2.36. The number of Topliss-reactive ketones (excluding diaryl/α,β-unsaturated/α-hetero) is 1. The molecule has 0 spiro atoms. The van der Waals surface area contributed by atoms with Gasteiger partial charge >= 0.3 is 0 Å². The van der Waals surface area contributed by atoms with Crippen LogP contribution in [0.2, 0.25) is 25.7 Å². The Kier molecular flexibility index (Phi) is 8.20. The van der Waals surface area contributed by atoms with Crippen LogP contribution in [0.5, 0.6) is 0 Å². The molecule has 1 fully saturated rings. The van der Waals surface area contributed by atoms with Crippen molar-refractivity contribution in [3.63, 3.8) is 0 Å². The molecule has 1 aliphatic rings. The van der Waals surface area contributed by atoms with E-state index in [1.54, 1.807) is 18.3 Å². The summed E-state index contributed by atoms with van der Waals surface area (Å²) in [7, 11) is -1.14. The number of ketones is 1. The maximum atomic E-state index is 13.7. The molecule has 4 aromatic rings. The van der Waals surface area contributed by atoms with Crippen molar-refractivity contribution in [1.29, 1.82) is 0 Å². The summed E-state index contributed by atoms with van der Waals surface area (Å²) in [6.45, 7) is 11.0. The van der Waals surface area contributed by atoms with Crippen LogP contribution in [-0.2, 0) is 22.6 Å². The molecule has 0 N–H and O–H groups in total. The zero-order chi connectivity index (χ0) is 27.4. The summed E-state index contributed by atoms with van der Waals surface area (Å²) in [5.74, 6) is -0.413. The SMILES string of the molecule is C[Si](C)(C)CCOCn1ncc2cc(CC(=O)c3ncc(N4CCOCC4)cc3-c3ccc(F)cc3)ccc21. The number of hydrogen-bond donors (Lipinski definition) is 0. The average molecular weight is 547 g/mol. The number of anilines is 1. The highest BCUT2D eigenvalue weighted by atomic mass is 28.3. The predicted octanol–water partition coefficient (Wildman–Crippen LogP) is 5.81. The van der Waals surface area contributed by atoms with Gasteiger partial charge in [-0.2, -0.15) is 5.10 Å². The van der Waals surface area contributed by atoms with Crippen LogP contribution in [0.25, 0.3) is 22.0 Å². The summed E-state index contributed by atoms with van der Waals surface area (Å²) in [4.78, 5) is 20.4. The van der Waals surface area contributed by atoms with E-state index >= 15 is 0 Å². The van der Waals surface area contributed by atoms with E-state index in [9.17, 15) is 9.18 Å². The summed E-state index contributed by atoms with van der Waals surface area (Å²) >= 11 is 0. The number of morpholine rings is 1. The third-order valence-corrected chi connectivity index (χ3v) is 8.65. The lowest BCUT2D eigenvalue weighted by atomic mass is 9.97. The topological polar surface area (TPSA) is 69.5 Å². The van der Waals surface area contributed by atoms with E-state index in [1.165, 1.54) is 12.1 Å². The zero-order valence-corrected chi connectivity index (χ0v) is 23.8. The highest BCUT2D eigenvalue weighted by Gasteiger charge is 2.20. The molecule has 0 atom stereocenters. The molecule has 0 radical (unpaired) electrons. The van der Waals surface area contributed by atoms with Gasteiger partial charge in [0, 0.05) is 45.1 Å². The van der Waals surface area contributed by atoms with E-state index in [-0.39, 0.29) is 18.0 Å². The van der Waals surface area contributed by atoms with Crippen molar-refractivity contribution in [1.82, 2.24) is 14.8 Å². The Hall–Kier alpha value is -3.40. The third kappa shape index (κ3) is 6.79. The fourth-order valence-electron chi connectivity index (χ4n) is 4.67. The Morgan fingerprint density at radius 1 is 1.05 bits per heavy atom. The van der Waals surface area contributed by atoms with Crippen LogP contribution in [-0.4, -0.2) is 61.5 Å². The number of carbonyl (C=O) groups excluding carboxylic acids is 1. The van der Waals surface area contributed by atoms with Crippen molar-refractivity contribution in [2.24, 2.45) is 0 Å². The molecule has 0 bridgehead atoms. The summed E-state index contributed by atoms with van der Waals surface area (Å²) in [5, 5.41) is 5.45. The fraction of sp³-hybridized carbons (Fsp3) is 0.367. The molecule has 0 unspecified atom stereocenters. The van der Waals surface area contributed by atoms with Crippen molar-refractivity contribution in [3.05, 3.63) is 78.0 Å². The lowest BCUT2D eigenvalue weighted by molar-refractivity contribution is 0.0817. The molecular formula is C30H35FN4O3Si. The van der Waals surface area contributed by atoms with Crippen molar-refractivity contribution in [2.45, 2.75) is 38.8 Å². The minimum atomic E-state index is -1.14. The van der Waals surface area contributed by atoms with Crippen LogP contribution in [0.4, 0.5) is 10.1 Å². The van der Waals surface area contributed by atoms with E-state index in [1.807, 2.05) is 35.1 Å². The number of pyridine rings is 1. The lowest BCUT2D eigenvalue weighted by Gasteiger charge is -2.29. The van der Waals surface area contributed by atoms with Gasteiger partial charge in [-0.3, -0.25) is 9.78 Å². The van der Waals surface area contributed by atoms with Gasteiger partial charge in [-0.05, 0) is 47.5 Å². The van der Waals surface area contributed by atoms with E-state index < -0.39 is 8.07 Å². The molecule has 3 heterocycles. The maximum absolute atomic E-state index is 13.7. The van der Waals surface area contributed by atoms with Gasteiger partial charge in [-0.15, -0.1) is 0 Å².